The van der Waals surface area contributed by atoms with Crippen molar-refractivity contribution in [3.05, 3.63) is 71.2 Å². The van der Waals surface area contributed by atoms with E-state index in [1.807, 2.05) is 0 Å². The van der Waals surface area contributed by atoms with Crippen LogP contribution in [-0.4, -0.2) is 11.2 Å². The molecule has 34 heavy (non-hydrogen) atoms. The zero-order valence-corrected chi connectivity index (χ0v) is 22.6. The van der Waals surface area contributed by atoms with Gasteiger partial charge >= 0.3 is 29.6 Å². The van der Waals surface area contributed by atoms with Crippen LogP contribution in [0.1, 0.15) is 49.8 Å². The first kappa shape index (κ1) is 30.2. The molecule has 3 aromatic rings. The molecule has 0 spiro atoms. The minimum absolute atomic E-state index is 0. The molecule has 0 fully saturated rings. The zero-order chi connectivity index (χ0) is 24.4. The molecule has 3 rings (SSSR count). The van der Waals surface area contributed by atoms with Gasteiger partial charge in [0.15, 0.2) is 17.5 Å². The summed E-state index contributed by atoms with van der Waals surface area (Å²) >= 11 is 0. The first-order valence-corrected chi connectivity index (χ1v) is 12.0. The summed E-state index contributed by atoms with van der Waals surface area (Å²) in [4.78, 5) is 4.36. The molecule has 0 bridgehead atoms. The molecule has 0 radical (unpaired) electrons. The third-order valence-corrected chi connectivity index (χ3v) is 4.71. The Morgan fingerprint density at radius 1 is 1.00 bits per heavy atom. The maximum Gasteiger partial charge on any atom is 1.00 e. The third kappa shape index (κ3) is 9.44. The van der Waals surface area contributed by atoms with Gasteiger partial charge in [-0.05, 0) is 31.0 Å². The van der Waals surface area contributed by atoms with Gasteiger partial charge < -0.3 is 17.6 Å². The average molecular weight is 506 g/mol. The molecule has 180 valence electrons. The van der Waals surface area contributed by atoms with E-state index in [1.54, 1.807) is 0 Å². The van der Waals surface area contributed by atoms with Crippen LogP contribution in [-0.2, 0) is 32.1 Å². The molecular weight excluding hydrogens is 478 g/mol. The Kier molecular flexibility index (Phi) is 13.5. The fraction of sp³-hybridized carbons (Fsp3) is 0.375. The SMILES string of the molecule is CCCCCCc1nc(COc2c(F)cccc2-c2cc(C)c(F)cc2F)co1.C[S-](=O)=O.[Na+]. The van der Waals surface area contributed by atoms with Crippen molar-refractivity contribution >= 4 is 10.7 Å². The van der Waals surface area contributed by atoms with E-state index in [1.165, 1.54) is 43.9 Å². The van der Waals surface area contributed by atoms with Crippen LogP contribution in [0.2, 0.25) is 0 Å². The Balaban J connectivity index is 0.00000107. The molecule has 0 N–H and O–H groups in total. The predicted molar refractivity (Wildman–Crippen MR) is 120 cm³/mol. The van der Waals surface area contributed by atoms with Gasteiger partial charge in [0, 0.05) is 23.6 Å². The summed E-state index contributed by atoms with van der Waals surface area (Å²) in [5, 5.41) is 0. The Morgan fingerprint density at radius 2 is 1.71 bits per heavy atom. The topological polar surface area (TPSA) is 69.4 Å². The Morgan fingerprint density at radius 3 is 2.38 bits per heavy atom. The van der Waals surface area contributed by atoms with Crippen LogP contribution < -0.4 is 34.3 Å². The average Bonchev–Trinajstić information content (AvgIpc) is 3.20. The molecule has 0 aliphatic carbocycles. The maximum absolute atomic E-state index is 14.4. The number of hydrogen-bond donors (Lipinski definition) is 0. The number of unbranched alkanes of at least 4 members (excludes halogenated alkanes) is 3. The number of nitrogens with zero attached hydrogens (tertiary/aromatic N) is 1. The predicted octanol–water partition coefficient (Wildman–Crippen LogP) is 3.70. The minimum Gasteiger partial charge on any atom is -0.483 e. The van der Waals surface area contributed by atoms with E-state index in [2.05, 4.69) is 11.9 Å². The van der Waals surface area contributed by atoms with Crippen LogP contribution in [0.3, 0.4) is 0 Å². The number of hydrogen-bond acceptors (Lipinski definition) is 6. The number of benzene rings is 2. The molecule has 0 unspecified atom stereocenters. The fourth-order valence-corrected chi connectivity index (χ4v) is 3.11. The number of rotatable bonds is 9. The van der Waals surface area contributed by atoms with Crippen molar-refractivity contribution in [2.45, 2.75) is 52.6 Å². The molecule has 10 heteroatoms. The standard InChI is InChI=1S/C23H24F3NO2.CH3O2S.Na/c1-3-4-5-6-10-22-27-16(13-28-22)14-29-23-17(8-7-9-19(23)24)18-11-15(2)20(25)12-21(18)26;1-4(2)3;/h7-9,11-13H,3-6,10,14H2,1-2H3;1H3;/q;-1;+1. The third-order valence-electron chi connectivity index (χ3n) is 4.71. The van der Waals surface area contributed by atoms with Gasteiger partial charge in [-0.3, -0.25) is 0 Å². The van der Waals surface area contributed by atoms with Gasteiger partial charge in [0.2, 0.25) is 0 Å². The number of halogens is 3. The minimum atomic E-state index is -1.86. The van der Waals surface area contributed by atoms with Crippen molar-refractivity contribution in [1.82, 2.24) is 4.98 Å². The summed E-state index contributed by atoms with van der Waals surface area (Å²) in [6.45, 7) is 3.65. The summed E-state index contributed by atoms with van der Waals surface area (Å²) < 4.78 is 71.4. The second kappa shape index (κ2) is 15.2. The second-order valence-corrected chi connectivity index (χ2v) is 8.23. The number of ether oxygens (including phenoxy) is 1. The Hall–Kier alpha value is -1.81. The second-order valence-electron chi connectivity index (χ2n) is 7.43. The van der Waals surface area contributed by atoms with E-state index >= 15 is 0 Å². The van der Waals surface area contributed by atoms with E-state index in [0.717, 1.165) is 38.0 Å². The van der Waals surface area contributed by atoms with Gasteiger partial charge in [0.25, 0.3) is 0 Å². The zero-order valence-electron chi connectivity index (χ0n) is 19.8. The summed E-state index contributed by atoms with van der Waals surface area (Å²) in [5.41, 5.74) is 1.09. The van der Waals surface area contributed by atoms with Crippen molar-refractivity contribution in [2.75, 3.05) is 6.26 Å². The number of aromatic nitrogens is 1. The van der Waals surface area contributed by atoms with Crippen LogP contribution in [0.15, 0.2) is 41.0 Å². The van der Waals surface area contributed by atoms with Gasteiger partial charge in [-0.15, -0.1) is 0 Å². The number of oxazole rings is 1. The van der Waals surface area contributed by atoms with Crippen molar-refractivity contribution in [3.63, 3.8) is 0 Å². The Bertz CT molecular complexity index is 1130. The van der Waals surface area contributed by atoms with Gasteiger partial charge in [0.05, 0.1) is 0 Å². The molecule has 1 heterocycles. The van der Waals surface area contributed by atoms with Crippen LogP contribution in [0.25, 0.3) is 11.1 Å². The van der Waals surface area contributed by atoms with E-state index in [0.29, 0.717) is 11.6 Å². The van der Waals surface area contributed by atoms with Crippen LogP contribution >= 0.6 is 0 Å². The van der Waals surface area contributed by atoms with Gasteiger partial charge in [0.1, 0.15) is 30.2 Å². The van der Waals surface area contributed by atoms with Crippen LogP contribution in [0.5, 0.6) is 5.75 Å². The van der Waals surface area contributed by atoms with Crippen LogP contribution in [0.4, 0.5) is 13.2 Å². The smallest absolute Gasteiger partial charge is 0.483 e. The van der Waals surface area contributed by atoms with Crippen molar-refractivity contribution in [3.8, 4) is 16.9 Å². The van der Waals surface area contributed by atoms with E-state index in [9.17, 15) is 13.2 Å². The number of aryl methyl sites for hydroxylation is 2. The molecule has 0 saturated carbocycles. The summed E-state index contributed by atoms with van der Waals surface area (Å²) in [7, 11) is -1.86. The monoisotopic (exact) mass is 505 g/mol. The summed E-state index contributed by atoms with van der Waals surface area (Å²) in [6.07, 6.45) is 7.75. The fourth-order valence-electron chi connectivity index (χ4n) is 3.11. The molecule has 0 aliphatic rings. The first-order valence-electron chi connectivity index (χ1n) is 10.5. The molecule has 0 amide bonds. The van der Waals surface area contributed by atoms with E-state index in [-0.39, 0.29) is 58.6 Å². The van der Waals surface area contributed by atoms with Gasteiger partial charge in [-0.1, -0.05) is 55.3 Å². The molecule has 5 nitrogen and oxygen atoms in total. The Labute approximate surface area is 222 Å². The normalized spacial score (nSPS) is 10.4. The largest absolute Gasteiger partial charge is 1.00 e. The molecular formula is C24H27F3NNaO4S. The van der Waals surface area contributed by atoms with Gasteiger partial charge in [-0.2, -0.15) is 0 Å². The maximum atomic E-state index is 14.4. The van der Waals surface area contributed by atoms with Crippen molar-refractivity contribution in [2.24, 2.45) is 0 Å². The molecule has 0 atom stereocenters. The van der Waals surface area contributed by atoms with Gasteiger partial charge in [-0.25, -0.2) is 18.2 Å². The molecule has 0 saturated heterocycles. The first-order chi connectivity index (χ1) is 15.7. The number of para-hydroxylation sites is 1. The summed E-state index contributed by atoms with van der Waals surface area (Å²) in [5.74, 6) is -1.55. The van der Waals surface area contributed by atoms with E-state index < -0.39 is 28.2 Å². The van der Waals surface area contributed by atoms with Crippen molar-refractivity contribution in [1.29, 1.82) is 0 Å². The summed E-state index contributed by atoms with van der Waals surface area (Å²) in [6, 6.07) is 6.37. The molecule has 2 aromatic carbocycles. The quantitative estimate of drug-likeness (QED) is 0.252. The molecule has 0 aliphatic heterocycles. The molecule has 1 aromatic heterocycles. The van der Waals surface area contributed by atoms with E-state index in [4.69, 9.17) is 17.6 Å². The van der Waals surface area contributed by atoms with Crippen LogP contribution in [0, 0.1) is 24.4 Å². The van der Waals surface area contributed by atoms with Crippen molar-refractivity contribution < 1.29 is 60.3 Å².